The van der Waals surface area contributed by atoms with Crippen molar-refractivity contribution in [2.24, 2.45) is 0 Å². The molecule has 7 nitrogen and oxygen atoms in total. The van der Waals surface area contributed by atoms with Crippen LogP contribution in [0, 0.1) is 17.0 Å². The molecule has 0 aromatic carbocycles. The van der Waals surface area contributed by atoms with Crippen molar-refractivity contribution in [3.8, 4) is 5.75 Å². The van der Waals surface area contributed by atoms with Crippen molar-refractivity contribution in [3.63, 3.8) is 0 Å². The van der Waals surface area contributed by atoms with Gasteiger partial charge in [-0.05, 0) is 13.8 Å². The van der Waals surface area contributed by atoms with E-state index in [1.165, 1.54) is 13.8 Å². The molecule has 0 amide bonds. The van der Waals surface area contributed by atoms with Gasteiger partial charge in [0, 0.05) is 0 Å². The summed E-state index contributed by atoms with van der Waals surface area (Å²) >= 11 is 0. The number of nitrogens with zero attached hydrogens (tertiary/aromatic N) is 2. The van der Waals surface area contributed by atoms with Gasteiger partial charge in [0.25, 0.3) is 5.69 Å². The van der Waals surface area contributed by atoms with Crippen LogP contribution < -0.4 is 4.74 Å². The second kappa shape index (κ2) is 6.37. The van der Waals surface area contributed by atoms with Gasteiger partial charge in [0.05, 0.1) is 29.7 Å². The number of carbonyl (C=O) groups is 1. The Morgan fingerprint density at radius 1 is 1.48 bits per heavy atom. The van der Waals surface area contributed by atoms with E-state index in [2.05, 4.69) is 14.5 Å². The summed E-state index contributed by atoms with van der Waals surface area (Å²) in [6.45, 7) is 2.73. The first-order chi connectivity index (χ1) is 9.65. The number of hydrogen-bond donors (Lipinski definition) is 0. The summed E-state index contributed by atoms with van der Waals surface area (Å²) in [5, 5.41) is 11.0. The van der Waals surface area contributed by atoms with Gasteiger partial charge in [0.15, 0.2) is 5.75 Å². The third kappa shape index (κ3) is 4.58. The van der Waals surface area contributed by atoms with Crippen LogP contribution in [0.3, 0.4) is 0 Å². The van der Waals surface area contributed by atoms with Crippen molar-refractivity contribution in [1.29, 1.82) is 0 Å². The molecule has 1 aromatic heterocycles. The maximum atomic E-state index is 12.3. The van der Waals surface area contributed by atoms with E-state index < -0.39 is 40.7 Å². The molecule has 1 aromatic rings. The van der Waals surface area contributed by atoms with Crippen molar-refractivity contribution in [2.75, 3.05) is 6.61 Å². The average molecular weight is 308 g/mol. The molecule has 0 unspecified atom stereocenters. The fourth-order valence-corrected chi connectivity index (χ4v) is 1.61. The zero-order chi connectivity index (χ0) is 16.2. The normalized spacial score (nSPS) is 11.1. The Hall–Kier alpha value is -2.39. The van der Waals surface area contributed by atoms with Gasteiger partial charge in [0.2, 0.25) is 0 Å². The number of ether oxygens (including phenoxy) is 2. The predicted octanol–water partition coefficient (Wildman–Crippen LogP) is 2.30. The Kier molecular flexibility index (Phi) is 5.06. The van der Waals surface area contributed by atoms with E-state index in [1.807, 2.05) is 0 Å². The zero-order valence-corrected chi connectivity index (χ0v) is 11.1. The fourth-order valence-electron chi connectivity index (χ4n) is 1.61. The van der Waals surface area contributed by atoms with E-state index in [-0.39, 0.29) is 12.3 Å². The van der Waals surface area contributed by atoms with Gasteiger partial charge in [-0.15, -0.1) is 13.2 Å². The molecule has 1 heterocycles. The van der Waals surface area contributed by atoms with E-state index in [9.17, 15) is 28.1 Å². The lowest BCUT2D eigenvalue weighted by Gasteiger charge is -2.13. The highest BCUT2D eigenvalue weighted by Gasteiger charge is 2.35. The third-order valence-corrected chi connectivity index (χ3v) is 2.34. The topological polar surface area (TPSA) is 91.6 Å². The largest absolute Gasteiger partial charge is 0.573 e. The van der Waals surface area contributed by atoms with Crippen LogP contribution in [0.2, 0.25) is 0 Å². The summed E-state index contributed by atoms with van der Waals surface area (Å²) in [6.07, 6.45) is -5.10. The number of aryl methyl sites for hydroxylation is 1. The van der Waals surface area contributed by atoms with Crippen LogP contribution in [-0.4, -0.2) is 28.8 Å². The minimum Gasteiger partial charge on any atom is -0.466 e. The van der Waals surface area contributed by atoms with Crippen molar-refractivity contribution < 1.29 is 32.4 Å². The second-order valence-corrected chi connectivity index (χ2v) is 3.82. The SMILES string of the molecule is CCOC(=O)Cc1c(OC(F)(F)F)cnc(C)c1[N+](=O)[O-]. The summed E-state index contributed by atoms with van der Waals surface area (Å²) in [6, 6.07) is 0. The lowest BCUT2D eigenvalue weighted by Crippen LogP contribution is -2.20. The van der Waals surface area contributed by atoms with Crippen molar-refractivity contribution in [2.45, 2.75) is 26.6 Å². The number of hydrogen-bond acceptors (Lipinski definition) is 6. The van der Waals surface area contributed by atoms with Gasteiger partial charge in [-0.3, -0.25) is 19.9 Å². The lowest BCUT2D eigenvalue weighted by molar-refractivity contribution is -0.386. The minimum absolute atomic E-state index is 0.00778. The number of nitro groups is 1. The summed E-state index contributed by atoms with van der Waals surface area (Å²) in [5.41, 5.74) is -1.36. The number of carbonyl (C=O) groups excluding carboxylic acids is 1. The predicted molar refractivity (Wildman–Crippen MR) is 62.6 cm³/mol. The molecule has 0 N–H and O–H groups in total. The molecule has 0 spiro atoms. The maximum Gasteiger partial charge on any atom is 0.573 e. The highest BCUT2D eigenvalue weighted by atomic mass is 19.4. The Bertz CT molecular complexity index is 560. The summed E-state index contributed by atoms with van der Waals surface area (Å²) < 4.78 is 45.2. The molecule has 0 aliphatic heterocycles. The van der Waals surface area contributed by atoms with E-state index >= 15 is 0 Å². The number of esters is 1. The first-order valence-corrected chi connectivity index (χ1v) is 5.70. The van der Waals surface area contributed by atoms with Gasteiger partial charge in [-0.2, -0.15) is 0 Å². The minimum atomic E-state index is -5.06. The van der Waals surface area contributed by atoms with Gasteiger partial charge in [-0.1, -0.05) is 0 Å². The number of rotatable bonds is 5. The number of pyridine rings is 1. The maximum absolute atomic E-state index is 12.3. The Labute approximate surface area is 116 Å². The van der Waals surface area contributed by atoms with E-state index in [0.717, 1.165) is 0 Å². The Morgan fingerprint density at radius 2 is 2.10 bits per heavy atom. The molecule has 1 rings (SSSR count). The van der Waals surface area contributed by atoms with Crippen molar-refractivity contribution in [3.05, 3.63) is 27.6 Å². The molecular weight excluding hydrogens is 297 g/mol. The zero-order valence-electron chi connectivity index (χ0n) is 11.1. The Morgan fingerprint density at radius 3 is 2.57 bits per heavy atom. The van der Waals surface area contributed by atoms with Crippen LogP contribution in [0.15, 0.2) is 6.20 Å². The molecule has 21 heavy (non-hydrogen) atoms. The molecule has 0 radical (unpaired) electrons. The molecule has 0 saturated carbocycles. The number of aromatic nitrogens is 1. The summed E-state index contributed by atoms with van der Waals surface area (Å²) in [5.74, 6) is -1.80. The van der Waals surface area contributed by atoms with Crippen LogP contribution in [0.25, 0.3) is 0 Å². The molecule has 10 heteroatoms. The monoisotopic (exact) mass is 308 g/mol. The molecule has 0 atom stereocenters. The Balaban J connectivity index is 3.33. The van der Waals surface area contributed by atoms with Crippen molar-refractivity contribution >= 4 is 11.7 Å². The van der Waals surface area contributed by atoms with Crippen LogP contribution in [0.5, 0.6) is 5.75 Å². The first-order valence-electron chi connectivity index (χ1n) is 5.70. The third-order valence-electron chi connectivity index (χ3n) is 2.34. The standard InChI is InChI=1S/C11H11F3N2O5/c1-3-20-9(17)4-7-8(21-11(12,13)14)5-15-6(2)10(7)16(18)19/h5H,3-4H2,1-2H3. The highest BCUT2D eigenvalue weighted by molar-refractivity contribution is 5.76. The smallest absolute Gasteiger partial charge is 0.466 e. The van der Waals surface area contributed by atoms with Gasteiger partial charge in [0.1, 0.15) is 5.69 Å². The molecule has 0 fully saturated rings. The quantitative estimate of drug-likeness (QED) is 0.471. The molecule has 0 aliphatic carbocycles. The highest BCUT2D eigenvalue weighted by Crippen LogP contribution is 2.34. The summed E-state index contributed by atoms with van der Waals surface area (Å²) in [7, 11) is 0. The van der Waals surface area contributed by atoms with Crippen LogP contribution >= 0.6 is 0 Å². The second-order valence-electron chi connectivity index (χ2n) is 3.82. The van der Waals surface area contributed by atoms with E-state index in [4.69, 9.17) is 0 Å². The molecular formula is C11H11F3N2O5. The average Bonchev–Trinajstić information content (AvgIpc) is 2.31. The van der Waals surface area contributed by atoms with Crippen LogP contribution in [-0.2, 0) is 16.0 Å². The van der Waals surface area contributed by atoms with Crippen molar-refractivity contribution in [1.82, 2.24) is 4.98 Å². The molecule has 116 valence electrons. The van der Waals surface area contributed by atoms with Gasteiger partial charge >= 0.3 is 12.3 Å². The summed E-state index contributed by atoms with van der Waals surface area (Å²) in [4.78, 5) is 25.0. The number of halogens is 3. The van der Waals surface area contributed by atoms with Gasteiger partial charge < -0.3 is 9.47 Å². The van der Waals surface area contributed by atoms with Crippen LogP contribution in [0.1, 0.15) is 18.2 Å². The van der Waals surface area contributed by atoms with Gasteiger partial charge in [-0.25, -0.2) is 0 Å². The number of alkyl halides is 3. The molecule has 0 bridgehead atoms. The molecule has 0 aliphatic rings. The first kappa shape index (κ1) is 16.7. The van der Waals surface area contributed by atoms with Crippen LogP contribution in [0.4, 0.5) is 18.9 Å². The van der Waals surface area contributed by atoms with E-state index in [1.54, 1.807) is 0 Å². The van der Waals surface area contributed by atoms with E-state index in [0.29, 0.717) is 6.20 Å². The fraction of sp³-hybridized carbons (Fsp3) is 0.455. The molecule has 0 saturated heterocycles. The lowest BCUT2D eigenvalue weighted by atomic mass is 10.1.